The molecule has 1 aromatic carbocycles. The molecule has 0 aliphatic carbocycles. The van der Waals surface area contributed by atoms with Crippen LogP contribution in [0.25, 0.3) is 20.7 Å². The quantitative estimate of drug-likeness (QED) is 0.422. The van der Waals surface area contributed by atoms with Gasteiger partial charge in [0.1, 0.15) is 17.2 Å². The van der Waals surface area contributed by atoms with Crippen molar-refractivity contribution in [2.45, 2.75) is 17.2 Å². The molecule has 1 unspecified atom stereocenters. The van der Waals surface area contributed by atoms with Gasteiger partial charge in [-0.25, -0.2) is 14.4 Å². The SMILES string of the molecule is C#CCNC(=O)C(C)Sc1ncnc2cc(-c3ccc(F)cc3)sc12. The molecule has 7 heteroatoms. The number of hydrogen-bond donors (Lipinski definition) is 1. The van der Waals surface area contributed by atoms with E-state index in [0.717, 1.165) is 25.7 Å². The number of carbonyl (C=O) groups is 1. The maximum Gasteiger partial charge on any atom is 0.234 e. The number of hydrogen-bond acceptors (Lipinski definition) is 5. The fourth-order valence-electron chi connectivity index (χ4n) is 2.18. The van der Waals surface area contributed by atoms with E-state index >= 15 is 0 Å². The summed E-state index contributed by atoms with van der Waals surface area (Å²) in [5, 5.41) is 3.08. The largest absolute Gasteiger partial charge is 0.344 e. The second-order valence-electron chi connectivity index (χ2n) is 5.19. The Morgan fingerprint density at radius 3 is 2.88 bits per heavy atom. The fourth-order valence-corrected chi connectivity index (χ4v) is 4.29. The van der Waals surface area contributed by atoms with Crippen LogP contribution in [0.15, 0.2) is 41.7 Å². The van der Waals surface area contributed by atoms with Gasteiger partial charge < -0.3 is 5.32 Å². The number of nitrogens with one attached hydrogen (secondary N) is 1. The first-order valence-corrected chi connectivity index (χ1v) is 9.16. The average molecular weight is 371 g/mol. The molecular formula is C18H14FN3OS2. The van der Waals surface area contributed by atoms with E-state index in [1.165, 1.54) is 41.6 Å². The van der Waals surface area contributed by atoms with Crippen molar-refractivity contribution < 1.29 is 9.18 Å². The zero-order valence-electron chi connectivity index (χ0n) is 13.3. The Labute approximate surface area is 152 Å². The lowest BCUT2D eigenvalue weighted by Gasteiger charge is -2.10. The van der Waals surface area contributed by atoms with Crippen LogP contribution in [0.1, 0.15) is 6.92 Å². The number of halogens is 1. The molecule has 3 aromatic rings. The van der Waals surface area contributed by atoms with Gasteiger partial charge in [0, 0.05) is 4.88 Å². The number of amides is 1. The van der Waals surface area contributed by atoms with Crippen LogP contribution in [0.5, 0.6) is 0 Å². The second-order valence-corrected chi connectivity index (χ2v) is 7.57. The first kappa shape index (κ1) is 17.4. The van der Waals surface area contributed by atoms with E-state index in [1.54, 1.807) is 19.1 Å². The highest BCUT2D eigenvalue weighted by atomic mass is 32.2. The standard InChI is InChI=1S/C18H14FN3OS2/c1-3-8-20-17(23)11(2)24-18-16-14(21-10-22-18)9-15(25-16)12-4-6-13(19)7-5-12/h1,4-7,9-11H,8H2,2H3,(H,20,23). The highest BCUT2D eigenvalue weighted by molar-refractivity contribution is 8.00. The van der Waals surface area contributed by atoms with Gasteiger partial charge in [-0.3, -0.25) is 4.79 Å². The minimum Gasteiger partial charge on any atom is -0.344 e. The van der Waals surface area contributed by atoms with Crippen LogP contribution in [0, 0.1) is 18.2 Å². The van der Waals surface area contributed by atoms with E-state index in [-0.39, 0.29) is 23.5 Å². The molecule has 2 aromatic heterocycles. The number of nitrogens with zero attached hydrogens (tertiary/aromatic N) is 2. The van der Waals surface area contributed by atoms with Crippen LogP contribution in [-0.2, 0) is 4.79 Å². The Bertz CT molecular complexity index is 947. The Balaban J connectivity index is 1.88. The van der Waals surface area contributed by atoms with Gasteiger partial charge in [-0.05, 0) is 30.7 Å². The van der Waals surface area contributed by atoms with Gasteiger partial charge in [0.15, 0.2) is 0 Å². The molecular weight excluding hydrogens is 357 g/mol. The predicted molar refractivity (Wildman–Crippen MR) is 100.0 cm³/mol. The lowest BCUT2D eigenvalue weighted by atomic mass is 10.2. The lowest BCUT2D eigenvalue weighted by Crippen LogP contribution is -2.31. The molecule has 0 aliphatic heterocycles. The summed E-state index contributed by atoms with van der Waals surface area (Å²) >= 11 is 2.88. The normalized spacial score (nSPS) is 11.9. The molecule has 0 radical (unpaired) electrons. The highest BCUT2D eigenvalue weighted by Crippen LogP contribution is 2.37. The van der Waals surface area contributed by atoms with Crippen molar-refractivity contribution in [2.24, 2.45) is 0 Å². The molecule has 4 nitrogen and oxygen atoms in total. The van der Waals surface area contributed by atoms with Gasteiger partial charge >= 0.3 is 0 Å². The van der Waals surface area contributed by atoms with Crippen molar-refractivity contribution >= 4 is 39.2 Å². The molecule has 126 valence electrons. The smallest absolute Gasteiger partial charge is 0.234 e. The number of carbonyl (C=O) groups excluding carboxylic acids is 1. The number of rotatable bonds is 5. The monoisotopic (exact) mass is 371 g/mol. The number of benzene rings is 1. The zero-order chi connectivity index (χ0) is 17.8. The molecule has 0 spiro atoms. The van der Waals surface area contributed by atoms with Crippen molar-refractivity contribution in [1.82, 2.24) is 15.3 Å². The first-order chi connectivity index (χ1) is 12.1. The van der Waals surface area contributed by atoms with Crippen molar-refractivity contribution in [3.8, 4) is 22.8 Å². The van der Waals surface area contributed by atoms with Gasteiger partial charge in [0.2, 0.25) is 5.91 Å². The second kappa shape index (κ2) is 7.64. The third-order valence-electron chi connectivity index (χ3n) is 3.43. The number of thiophene rings is 1. The summed E-state index contributed by atoms with van der Waals surface area (Å²) in [6.45, 7) is 2.01. The van der Waals surface area contributed by atoms with E-state index in [2.05, 4.69) is 21.2 Å². The molecule has 0 fully saturated rings. The average Bonchev–Trinajstić information content (AvgIpc) is 3.05. The molecule has 1 N–H and O–H groups in total. The third-order valence-corrected chi connectivity index (χ3v) is 5.84. The van der Waals surface area contributed by atoms with Gasteiger partial charge in [0.05, 0.1) is 22.0 Å². The molecule has 0 saturated carbocycles. The minimum absolute atomic E-state index is 0.134. The van der Waals surface area contributed by atoms with E-state index in [9.17, 15) is 9.18 Å². The molecule has 2 heterocycles. The van der Waals surface area contributed by atoms with E-state index in [1.807, 2.05) is 6.07 Å². The molecule has 0 aliphatic rings. The van der Waals surface area contributed by atoms with Crippen LogP contribution >= 0.6 is 23.1 Å². The van der Waals surface area contributed by atoms with Crippen LogP contribution in [-0.4, -0.2) is 27.7 Å². The number of thioether (sulfide) groups is 1. The van der Waals surface area contributed by atoms with Gasteiger partial charge in [0.25, 0.3) is 0 Å². The summed E-state index contributed by atoms with van der Waals surface area (Å²) in [5.74, 6) is 1.98. The Morgan fingerprint density at radius 2 is 2.16 bits per heavy atom. The Hall–Kier alpha value is -2.43. The summed E-state index contributed by atoms with van der Waals surface area (Å²) in [6, 6.07) is 8.27. The zero-order valence-corrected chi connectivity index (χ0v) is 15.0. The Morgan fingerprint density at radius 1 is 1.40 bits per heavy atom. The molecule has 1 atom stereocenters. The Kier molecular flexibility index (Phi) is 5.31. The van der Waals surface area contributed by atoms with Crippen LogP contribution in [0.4, 0.5) is 4.39 Å². The molecule has 0 saturated heterocycles. The summed E-state index contributed by atoms with van der Waals surface area (Å²) in [6.07, 6.45) is 6.64. The molecule has 1 amide bonds. The minimum atomic E-state index is -0.331. The van der Waals surface area contributed by atoms with Gasteiger partial charge in [-0.15, -0.1) is 17.8 Å². The predicted octanol–water partition coefficient (Wildman–Crippen LogP) is 3.73. The first-order valence-electron chi connectivity index (χ1n) is 7.47. The highest BCUT2D eigenvalue weighted by Gasteiger charge is 2.18. The topological polar surface area (TPSA) is 54.9 Å². The number of aromatic nitrogens is 2. The number of fused-ring (bicyclic) bond motifs is 1. The van der Waals surface area contributed by atoms with E-state index < -0.39 is 0 Å². The van der Waals surface area contributed by atoms with Crippen molar-refractivity contribution in [2.75, 3.05) is 6.54 Å². The third kappa shape index (κ3) is 3.98. The maximum atomic E-state index is 13.1. The van der Waals surface area contributed by atoms with Crippen LogP contribution in [0.2, 0.25) is 0 Å². The molecule has 0 bridgehead atoms. The van der Waals surface area contributed by atoms with Crippen molar-refractivity contribution in [1.29, 1.82) is 0 Å². The fraction of sp³-hybridized carbons (Fsp3) is 0.167. The lowest BCUT2D eigenvalue weighted by molar-refractivity contribution is -0.120. The van der Waals surface area contributed by atoms with Gasteiger partial charge in [-0.2, -0.15) is 0 Å². The van der Waals surface area contributed by atoms with Crippen molar-refractivity contribution in [3.05, 3.63) is 42.5 Å². The van der Waals surface area contributed by atoms with E-state index in [0.29, 0.717) is 0 Å². The van der Waals surface area contributed by atoms with Crippen molar-refractivity contribution in [3.63, 3.8) is 0 Å². The maximum absolute atomic E-state index is 13.1. The van der Waals surface area contributed by atoms with Gasteiger partial charge in [-0.1, -0.05) is 29.8 Å². The summed E-state index contributed by atoms with van der Waals surface area (Å²) in [5.41, 5.74) is 1.72. The molecule has 25 heavy (non-hydrogen) atoms. The molecule has 3 rings (SSSR count). The summed E-state index contributed by atoms with van der Waals surface area (Å²) in [4.78, 5) is 21.6. The summed E-state index contributed by atoms with van der Waals surface area (Å²) in [7, 11) is 0. The number of terminal acetylenes is 1. The van der Waals surface area contributed by atoms with E-state index in [4.69, 9.17) is 6.42 Å². The van der Waals surface area contributed by atoms with Crippen LogP contribution in [0.3, 0.4) is 0 Å². The summed E-state index contributed by atoms with van der Waals surface area (Å²) < 4.78 is 14.0. The van der Waals surface area contributed by atoms with Crippen LogP contribution < -0.4 is 5.32 Å².